The zero-order valence-corrected chi connectivity index (χ0v) is 11.4. The number of azide groups is 1. The van der Waals surface area contributed by atoms with Gasteiger partial charge in [0.05, 0.1) is 6.54 Å². The zero-order chi connectivity index (χ0) is 15.3. The molecule has 0 N–H and O–H groups in total. The fourth-order valence-electron chi connectivity index (χ4n) is 3.15. The molecule has 0 amide bonds. The molecule has 0 aromatic heterocycles. The molecule has 5 heteroatoms. The van der Waals surface area contributed by atoms with E-state index in [9.17, 15) is 9.59 Å². The predicted molar refractivity (Wildman–Crippen MR) is 86.7 cm³/mol. The van der Waals surface area contributed by atoms with E-state index < -0.39 is 10.9 Å². The Kier molecular flexibility index (Phi) is 2.52. The van der Waals surface area contributed by atoms with Crippen molar-refractivity contribution < 1.29 is 0 Å². The minimum Gasteiger partial charge on any atom is -0.285 e. The smallest absolute Gasteiger partial charge is 0.234 e. The van der Waals surface area contributed by atoms with Gasteiger partial charge in [0.15, 0.2) is 0 Å². The SMILES string of the molecule is [N-]=[N+]=NCc1ccc2c(=O)c(=O)c3cccc4ccc1c2c43. The monoisotopic (exact) mass is 287 g/mol. The minimum atomic E-state index is -0.480. The van der Waals surface area contributed by atoms with Crippen molar-refractivity contribution in [2.24, 2.45) is 5.11 Å². The van der Waals surface area contributed by atoms with Gasteiger partial charge < -0.3 is 0 Å². The topological polar surface area (TPSA) is 82.9 Å². The summed E-state index contributed by atoms with van der Waals surface area (Å²) in [6.07, 6.45) is 0. The van der Waals surface area contributed by atoms with Crippen LogP contribution in [-0.4, -0.2) is 0 Å². The van der Waals surface area contributed by atoms with Gasteiger partial charge in [0.1, 0.15) is 0 Å². The molecule has 0 aliphatic heterocycles. The van der Waals surface area contributed by atoms with Gasteiger partial charge in [-0.15, -0.1) is 0 Å². The molecule has 0 unspecified atom stereocenters. The van der Waals surface area contributed by atoms with Crippen molar-refractivity contribution in [2.45, 2.75) is 6.54 Å². The lowest BCUT2D eigenvalue weighted by molar-refractivity contribution is 1.06. The van der Waals surface area contributed by atoms with Crippen LogP contribution in [0.5, 0.6) is 0 Å². The Bertz CT molecular complexity index is 1190. The van der Waals surface area contributed by atoms with E-state index in [4.69, 9.17) is 5.53 Å². The second-order valence-corrected chi connectivity index (χ2v) is 5.21. The average Bonchev–Trinajstić information content (AvgIpc) is 2.56. The van der Waals surface area contributed by atoms with E-state index in [1.807, 2.05) is 18.2 Å². The van der Waals surface area contributed by atoms with Gasteiger partial charge in [0.25, 0.3) is 0 Å². The van der Waals surface area contributed by atoms with Crippen molar-refractivity contribution >= 4 is 32.3 Å². The summed E-state index contributed by atoms with van der Waals surface area (Å²) in [7, 11) is 0. The van der Waals surface area contributed by atoms with Gasteiger partial charge in [-0.1, -0.05) is 41.5 Å². The Hall–Kier alpha value is -3.17. The molecule has 22 heavy (non-hydrogen) atoms. The van der Waals surface area contributed by atoms with Gasteiger partial charge in [0, 0.05) is 26.5 Å². The summed E-state index contributed by atoms with van der Waals surface area (Å²) >= 11 is 0. The number of rotatable bonds is 2. The molecule has 4 rings (SSSR count). The van der Waals surface area contributed by atoms with Crippen LogP contribution in [0, 0.1) is 0 Å². The summed E-state index contributed by atoms with van der Waals surface area (Å²) in [6, 6.07) is 12.6. The molecule has 5 nitrogen and oxygen atoms in total. The van der Waals surface area contributed by atoms with Gasteiger partial charge >= 0.3 is 0 Å². The lowest BCUT2D eigenvalue weighted by Crippen LogP contribution is -2.24. The van der Waals surface area contributed by atoms with Gasteiger partial charge in [-0.25, -0.2) is 0 Å². The molecule has 0 saturated heterocycles. The fraction of sp³-hybridized carbons (Fsp3) is 0.0588. The molecule has 0 aliphatic carbocycles. The van der Waals surface area contributed by atoms with Crippen LogP contribution in [0.25, 0.3) is 42.8 Å². The molecule has 4 aromatic rings. The van der Waals surface area contributed by atoms with Crippen molar-refractivity contribution in [3.05, 3.63) is 78.9 Å². The molecule has 0 radical (unpaired) electrons. The van der Waals surface area contributed by atoms with Gasteiger partial charge in [0.2, 0.25) is 10.9 Å². The maximum Gasteiger partial charge on any atom is 0.234 e. The number of hydrogen-bond donors (Lipinski definition) is 0. The summed E-state index contributed by atoms with van der Waals surface area (Å²) in [6.45, 7) is 0.211. The second kappa shape index (κ2) is 4.41. The first kappa shape index (κ1) is 12.6. The second-order valence-electron chi connectivity index (χ2n) is 5.21. The Morgan fingerprint density at radius 1 is 0.864 bits per heavy atom. The van der Waals surface area contributed by atoms with Crippen molar-refractivity contribution in [1.82, 2.24) is 0 Å². The third kappa shape index (κ3) is 1.51. The van der Waals surface area contributed by atoms with E-state index in [1.54, 1.807) is 24.3 Å². The summed E-state index contributed by atoms with van der Waals surface area (Å²) in [5.41, 5.74) is 8.42. The van der Waals surface area contributed by atoms with Crippen molar-refractivity contribution in [1.29, 1.82) is 0 Å². The Labute approximate surface area is 123 Å². The van der Waals surface area contributed by atoms with E-state index in [0.29, 0.717) is 10.8 Å². The zero-order valence-electron chi connectivity index (χ0n) is 11.4. The Morgan fingerprint density at radius 2 is 1.59 bits per heavy atom. The van der Waals surface area contributed by atoms with E-state index in [1.165, 1.54) is 0 Å². The van der Waals surface area contributed by atoms with Crippen molar-refractivity contribution in [3.63, 3.8) is 0 Å². The quantitative estimate of drug-likeness (QED) is 0.186. The summed E-state index contributed by atoms with van der Waals surface area (Å²) in [5.74, 6) is 0. The molecule has 0 spiro atoms. The van der Waals surface area contributed by atoms with Crippen LogP contribution in [0.2, 0.25) is 0 Å². The van der Waals surface area contributed by atoms with Crippen LogP contribution >= 0.6 is 0 Å². The molecule has 0 atom stereocenters. The standard InChI is InChI=1S/C17H9N3O2/c18-20-19-8-10-5-7-13-15-11(10)6-4-9-2-1-3-12(14(9)15)16(21)17(13)22/h1-7H,8H2. The predicted octanol–water partition coefficient (Wildman–Crippen LogP) is 3.55. The van der Waals surface area contributed by atoms with E-state index in [0.717, 1.165) is 27.1 Å². The highest BCUT2D eigenvalue weighted by Crippen LogP contribution is 2.33. The lowest BCUT2D eigenvalue weighted by atomic mass is 9.91. The van der Waals surface area contributed by atoms with E-state index >= 15 is 0 Å². The molecule has 0 bridgehead atoms. The molecular formula is C17H9N3O2. The maximum atomic E-state index is 12.3. The molecule has 0 aliphatic rings. The van der Waals surface area contributed by atoms with Crippen LogP contribution in [0.1, 0.15) is 5.56 Å². The van der Waals surface area contributed by atoms with E-state index in [2.05, 4.69) is 10.0 Å². The number of hydrogen-bond acceptors (Lipinski definition) is 3. The highest BCUT2D eigenvalue weighted by atomic mass is 16.2. The Balaban J connectivity index is 2.35. The largest absolute Gasteiger partial charge is 0.285 e. The summed E-state index contributed by atoms with van der Waals surface area (Å²) in [5, 5.41) is 7.84. The van der Waals surface area contributed by atoms with Crippen molar-refractivity contribution in [2.75, 3.05) is 0 Å². The first-order chi connectivity index (χ1) is 10.7. The lowest BCUT2D eigenvalue weighted by Gasteiger charge is -2.11. The first-order valence-electron chi connectivity index (χ1n) is 6.79. The van der Waals surface area contributed by atoms with Crippen LogP contribution in [0.4, 0.5) is 0 Å². The normalized spacial score (nSPS) is 11.3. The molecular weight excluding hydrogens is 278 g/mol. The summed E-state index contributed by atoms with van der Waals surface area (Å²) in [4.78, 5) is 27.4. The number of nitrogens with zero attached hydrogens (tertiary/aromatic N) is 3. The number of benzene rings is 4. The molecule has 4 aromatic carbocycles. The summed E-state index contributed by atoms with van der Waals surface area (Å²) < 4.78 is 0. The van der Waals surface area contributed by atoms with Crippen LogP contribution < -0.4 is 10.9 Å². The van der Waals surface area contributed by atoms with Crippen LogP contribution in [0.15, 0.2) is 57.2 Å². The molecule has 0 fully saturated rings. The van der Waals surface area contributed by atoms with Crippen LogP contribution in [-0.2, 0) is 6.54 Å². The molecule has 0 saturated carbocycles. The molecule has 104 valence electrons. The maximum absolute atomic E-state index is 12.3. The molecule has 0 heterocycles. The fourth-order valence-corrected chi connectivity index (χ4v) is 3.15. The van der Waals surface area contributed by atoms with Gasteiger partial charge in [-0.2, -0.15) is 0 Å². The van der Waals surface area contributed by atoms with Crippen LogP contribution in [0.3, 0.4) is 0 Å². The van der Waals surface area contributed by atoms with Gasteiger partial charge in [-0.3, -0.25) is 9.59 Å². The minimum absolute atomic E-state index is 0.211. The highest BCUT2D eigenvalue weighted by molar-refractivity contribution is 6.23. The average molecular weight is 287 g/mol. The third-order valence-corrected chi connectivity index (χ3v) is 4.11. The van der Waals surface area contributed by atoms with Gasteiger partial charge in [-0.05, 0) is 27.9 Å². The Morgan fingerprint density at radius 3 is 2.36 bits per heavy atom. The first-order valence-corrected chi connectivity index (χ1v) is 6.79. The van der Waals surface area contributed by atoms with E-state index in [-0.39, 0.29) is 6.54 Å². The third-order valence-electron chi connectivity index (χ3n) is 4.11. The highest BCUT2D eigenvalue weighted by Gasteiger charge is 2.15. The van der Waals surface area contributed by atoms with Crippen molar-refractivity contribution in [3.8, 4) is 0 Å².